The highest BCUT2D eigenvalue weighted by molar-refractivity contribution is 7.22. The number of thiazole rings is 4. The van der Waals surface area contributed by atoms with E-state index >= 15 is 0 Å². The summed E-state index contributed by atoms with van der Waals surface area (Å²) in [5, 5.41) is 150. The van der Waals surface area contributed by atoms with E-state index < -0.39 is 90.8 Å². The minimum absolute atomic E-state index is 0.179. The van der Waals surface area contributed by atoms with Gasteiger partial charge in [0.05, 0.1) is 112 Å². The van der Waals surface area contributed by atoms with Crippen molar-refractivity contribution in [1.29, 1.82) is 0 Å². The van der Waals surface area contributed by atoms with Crippen LogP contribution in [0.25, 0.3) is 83.2 Å². The number of aliphatic hydroxyl groups is 12. The van der Waals surface area contributed by atoms with E-state index in [0.29, 0.717) is 103 Å². The van der Waals surface area contributed by atoms with Crippen LogP contribution in [0.5, 0.6) is 0 Å². The Morgan fingerprint density at radius 2 is 0.618 bits per heavy atom. The first kappa shape index (κ1) is 91.1. The number of anilines is 11. The van der Waals surface area contributed by atoms with Gasteiger partial charge in [0.15, 0.2) is 0 Å². The third kappa shape index (κ3) is 21.2. The summed E-state index contributed by atoms with van der Waals surface area (Å²) in [7, 11) is 0. The maximum atomic E-state index is 10.6. The zero-order chi connectivity index (χ0) is 90.9. The third-order valence-electron chi connectivity index (χ3n) is 23.8. The van der Waals surface area contributed by atoms with Gasteiger partial charge in [0.1, 0.15) is 67.7 Å². The smallest absolute Gasteiger partial charge is 0.229 e. The van der Waals surface area contributed by atoms with E-state index in [2.05, 4.69) is 82.4 Å². The van der Waals surface area contributed by atoms with Gasteiger partial charge in [-0.1, -0.05) is 66.7 Å². The van der Waals surface area contributed by atoms with Crippen molar-refractivity contribution in [2.24, 2.45) is 23.7 Å². The molecule has 10 aromatic heterocycles. The number of pyridine rings is 2. The van der Waals surface area contributed by atoms with Crippen LogP contribution in [0, 0.1) is 44.4 Å². The topological polar surface area (TPSA) is 529 Å². The first-order chi connectivity index (χ1) is 63.7. The minimum Gasteiger partial charge on any atom is -0.396 e. The van der Waals surface area contributed by atoms with Crippen LogP contribution >= 0.6 is 45.3 Å². The molecule has 1 aliphatic heterocycles. The molecule has 20 rings (SSSR count). The van der Waals surface area contributed by atoms with Crippen molar-refractivity contribution in [1.82, 2.24) is 69.8 Å². The van der Waals surface area contributed by atoms with Gasteiger partial charge in [0.25, 0.3) is 0 Å². The summed E-state index contributed by atoms with van der Waals surface area (Å²) < 4.78 is 9.64. The number of hydrogen-bond donors (Lipinski definition) is 20. The van der Waals surface area contributed by atoms with Crippen LogP contribution < -0.4 is 42.5 Å². The number of nitrogens with one attached hydrogen (secondary N) is 8. The largest absolute Gasteiger partial charge is 0.396 e. The number of aliphatic hydroxyl groups excluding tert-OH is 12. The fourth-order valence-electron chi connectivity index (χ4n) is 16.8. The average Bonchev–Trinajstić information content (AvgIpc) is 1.67. The molecule has 0 unspecified atom stereocenters. The van der Waals surface area contributed by atoms with Crippen LogP contribution in [0.4, 0.5) is 64.1 Å². The summed E-state index contributed by atoms with van der Waals surface area (Å²) in [6.45, 7) is 6.41. The van der Waals surface area contributed by atoms with Gasteiger partial charge in [-0.2, -0.15) is 19.9 Å². The molecule has 4 aliphatic carbocycles. The molecule has 0 amide bonds. The quantitative estimate of drug-likeness (QED) is 0.0267. The molecule has 5 aliphatic rings. The number of aromatic nitrogens is 14. The maximum absolute atomic E-state index is 10.6. The summed E-state index contributed by atoms with van der Waals surface area (Å²) >= 11 is 6.15. The molecular formula is C92H100N22O13S4. The van der Waals surface area contributed by atoms with Crippen LogP contribution in [-0.2, 0) is 4.74 Å². The summed E-state index contributed by atoms with van der Waals surface area (Å²) in [5.41, 5.74) is 11.5. The van der Waals surface area contributed by atoms with E-state index in [-0.39, 0.29) is 38.4 Å². The fourth-order valence-corrected chi connectivity index (χ4v) is 20.7. The molecule has 20 N–H and O–H groups in total. The Kier molecular flexibility index (Phi) is 28.7. The summed E-state index contributed by atoms with van der Waals surface area (Å²) in [6.07, 6.45) is 3.95. The minimum atomic E-state index is -1.03. The summed E-state index contributed by atoms with van der Waals surface area (Å²) in [6, 6.07) is 47.1. The monoisotopic (exact) mass is 1850 g/mol. The summed E-state index contributed by atoms with van der Waals surface area (Å²) in [4.78, 5) is 64.3. The van der Waals surface area contributed by atoms with E-state index in [1.165, 1.54) is 34.0 Å². The highest BCUT2D eigenvalue weighted by Gasteiger charge is 2.46. The molecule has 1 saturated heterocycles. The van der Waals surface area contributed by atoms with E-state index in [1.54, 1.807) is 42.3 Å². The molecule has 131 heavy (non-hydrogen) atoms. The van der Waals surface area contributed by atoms with Crippen molar-refractivity contribution in [3.05, 3.63) is 200 Å². The van der Waals surface area contributed by atoms with Crippen LogP contribution in [-0.4, -0.2) is 250 Å². The Hall–Kier alpha value is -11.8. The lowest BCUT2D eigenvalue weighted by molar-refractivity contribution is 0.00443. The number of para-hydroxylation sites is 5. The molecule has 15 aromatic rings. The molecule has 0 radical (unpaired) electrons. The molecule has 0 spiro atoms. The van der Waals surface area contributed by atoms with Gasteiger partial charge in [0.2, 0.25) is 23.8 Å². The lowest BCUT2D eigenvalue weighted by atomic mass is 10.1. The number of aryl methyl sites for hydroxylation is 3. The fraction of sp³-hybridized carbons (Fsp3) is 0.348. The second-order valence-electron chi connectivity index (χ2n) is 33.0. The molecule has 16 atom stereocenters. The van der Waals surface area contributed by atoms with Crippen molar-refractivity contribution in [2.45, 2.75) is 138 Å². The van der Waals surface area contributed by atoms with Gasteiger partial charge in [-0.05, 0) is 144 Å². The Labute approximate surface area is 767 Å². The lowest BCUT2D eigenvalue weighted by Gasteiger charge is -2.24. The van der Waals surface area contributed by atoms with E-state index in [0.717, 1.165) is 113 Å². The zero-order valence-electron chi connectivity index (χ0n) is 71.3. The van der Waals surface area contributed by atoms with Gasteiger partial charge in [-0.15, -0.1) is 45.3 Å². The van der Waals surface area contributed by atoms with Crippen molar-refractivity contribution >= 4 is 150 Å². The molecule has 0 bridgehead atoms. The Morgan fingerprint density at radius 3 is 0.947 bits per heavy atom. The van der Waals surface area contributed by atoms with E-state index in [9.17, 15) is 61.3 Å². The average molecular weight is 1850 g/mol. The highest BCUT2D eigenvalue weighted by atomic mass is 32.1. The number of nitrogens with zero attached hydrogens (tertiary/aromatic N) is 14. The maximum Gasteiger partial charge on any atom is 0.229 e. The predicted molar refractivity (Wildman–Crippen MR) is 507 cm³/mol. The zero-order valence-corrected chi connectivity index (χ0v) is 74.6. The second-order valence-corrected chi connectivity index (χ2v) is 37.1. The van der Waals surface area contributed by atoms with Gasteiger partial charge in [-0.25, -0.2) is 39.9 Å². The number of hydrogen-bond acceptors (Lipinski definition) is 39. The molecule has 4 saturated carbocycles. The molecular weight excluding hydrogens is 1750 g/mol. The van der Waals surface area contributed by atoms with Crippen molar-refractivity contribution < 1.29 is 66.0 Å². The Bertz CT molecular complexity index is 6270. The van der Waals surface area contributed by atoms with Gasteiger partial charge in [0, 0.05) is 134 Å². The molecule has 11 heterocycles. The van der Waals surface area contributed by atoms with Crippen molar-refractivity contribution in [2.75, 3.05) is 82.2 Å². The van der Waals surface area contributed by atoms with E-state index in [1.807, 2.05) is 172 Å². The standard InChI is InChI=1S/C24H26N6O3S.C23H24N6O3S.C23H23N5O3S.C22H27N5O4S/c1-12-7-15(8-13(2)26-12)27-24-25-10-16(23-29-17-5-3-4-6-19(17)34-23)22(30-24)28-18-9-14(11-31)20(32)21(18)33;1-12-8-14(6-7-24-12)26-23-25-10-15(22-28-16-4-2-3-5-18(16)33-22)21(29-23)27-17-9-13(11-30)19(31)20(17)32;29-12-13-10-17(20(31)19(13)30)26-21-15(22-27-16-8-4-5-9-18(16)32-22)11-24-23(28-21)25-14-6-2-1-3-7-14;28-11-12-9-16(19(30)18(12)29)25-20-14(21-26-15-3-1-2-4-17(15)32-21)10-23-22(27-20)24-13-5-7-31-8-6-13/h3-8,10,14,18,20-21,31-33H,9,11H2,1-2H3,(H2,25,26,27,28,30);2-8,10,13,17,19-20,30-32H,9,11H2,1H3,(H2,24,25,26,27,29);1-9,11,13,17,19-20,29-31H,10,12H2,(H2,24,25,26,28);1-4,10,12-13,16,18-19,28-30H,5-9,11H2,(H2,23,24,25,27)/t14-,18-,20-,21+;2*13-,17-,19-,20+;12-,16-,18-,19+/m1111/s1. The molecule has 5 fully saturated rings. The third-order valence-corrected chi connectivity index (χ3v) is 28.0. The normalized spacial score (nSPS) is 23.5. The van der Waals surface area contributed by atoms with Crippen molar-refractivity contribution in [3.63, 3.8) is 0 Å². The van der Waals surface area contributed by atoms with Crippen LogP contribution in [0.3, 0.4) is 0 Å². The highest BCUT2D eigenvalue weighted by Crippen LogP contribution is 2.43. The Morgan fingerprint density at radius 1 is 0.313 bits per heavy atom. The van der Waals surface area contributed by atoms with E-state index in [4.69, 9.17) is 34.6 Å². The second kappa shape index (κ2) is 41.3. The number of fused-ring (bicyclic) bond motifs is 4. The molecule has 35 nitrogen and oxygen atoms in total. The number of ether oxygens (including phenoxy) is 1. The molecule has 5 aromatic carbocycles. The van der Waals surface area contributed by atoms with Gasteiger partial charge in [-0.3, -0.25) is 9.97 Å². The van der Waals surface area contributed by atoms with Crippen LogP contribution in [0.2, 0.25) is 0 Å². The first-order valence-electron chi connectivity index (χ1n) is 43.1. The predicted octanol–water partition coefficient (Wildman–Crippen LogP) is 10.6. The molecule has 680 valence electrons. The molecule has 39 heteroatoms. The van der Waals surface area contributed by atoms with Gasteiger partial charge < -0.3 is 109 Å². The first-order valence-corrected chi connectivity index (χ1v) is 46.4. The summed E-state index contributed by atoms with van der Waals surface area (Å²) in [5.74, 6) is 2.11. The lowest BCUT2D eigenvalue weighted by Crippen LogP contribution is -2.36. The van der Waals surface area contributed by atoms with Crippen molar-refractivity contribution in [3.8, 4) is 42.3 Å². The number of benzene rings is 5. The SMILES string of the molecule is Cc1cc(Nc2ncc(-c3nc4ccccc4s3)c(N[C@@H]3C[C@H](CO)[C@@H](O)[C@H]3O)n2)cc(C)n1.Cc1cc(Nc2ncc(-c3nc4ccccc4s3)c(N[C@@H]3C[C@H](CO)[C@@H](O)[C@H]3O)n2)ccn1.OC[C@H]1C[C@@H](Nc2nc(NC3CCOCC3)ncc2-c2nc3ccccc3s2)[C@H](O)[C@@H]1O.OC[C@H]1C[C@@H](Nc2nc(Nc3ccccc3)ncc2-c2nc3ccccc3s2)[C@H](O)[C@@H]1O. The van der Waals surface area contributed by atoms with Crippen LogP contribution in [0.1, 0.15) is 55.6 Å². The van der Waals surface area contributed by atoms with Crippen LogP contribution in [0.15, 0.2) is 183 Å². The van der Waals surface area contributed by atoms with Gasteiger partial charge >= 0.3 is 0 Å². The Balaban J connectivity index is 0.000000122. The number of rotatable bonds is 24.